The lowest BCUT2D eigenvalue weighted by Crippen LogP contribution is -2.22. The molecule has 102 valence electrons. The summed E-state index contributed by atoms with van der Waals surface area (Å²) in [7, 11) is 0. The van der Waals surface area contributed by atoms with Crippen molar-refractivity contribution in [2.24, 2.45) is 0 Å². The second-order valence-corrected chi connectivity index (χ2v) is 6.30. The quantitative estimate of drug-likeness (QED) is 0.779. The number of carbonyl (C=O) groups excluding carboxylic acids is 1. The van der Waals surface area contributed by atoms with Gasteiger partial charge in [0.05, 0.1) is 22.9 Å². The van der Waals surface area contributed by atoms with Gasteiger partial charge in [-0.2, -0.15) is 0 Å². The van der Waals surface area contributed by atoms with Gasteiger partial charge in [0, 0.05) is 17.0 Å². The molecule has 3 rings (SSSR count). The van der Waals surface area contributed by atoms with E-state index in [1.807, 2.05) is 24.4 Å². The Morgan fingerprint density at radius 2 is 2.35 bits per heavy atom. The van der Waals surface area contributed by atoms with Crippen LogP contribution in [-0.2, 0) is 6.54 Å². The third-order valence-corrected chi connectivity index (χ3v) is 4.76. The van der Waals surface area contributed by atoms with Crippen LogP contribution in [0.5, 0.6) is 0 Å². The number of nitrogens with one attached hydrogen (secondary N) is 1. The highest BCUT2D eigenvalue weighted by Crippen LogP contribution is 2.31. The number of thiazole rings is 1. The summed E-state index contributed by atoms with van der Waals surface area (Å²) in [5, 5.41) is 6.59. The first-order valence-electron chi connectivity index (χ1n) is 5.97. The molecule has 0 fully saturated rings. The van der Waals surface area contributed by atoms with Crippen LogP contribution in [0.25, 0.3) is 10.2 Å². The summed E-state index contributed by atoms with van der Waals surface area (Å²) in [6, 6.07) is 3.68. The van der Waals surface area contributed by atoms with Gasteiger partial charge in [-0.15, -0.1) is 22.7 Å². The second-order valence-electron chi connectivity index (χ2n) is 4.24. The Morgan fingerprint density at radius 3 is 3.05 bits per heavy atom. The van der Waals surface area contributed by atoms with Crippen LogP contribution in [0.3, 0.4) is 0 Å². The van der Waals surface area contributed by atoms with Crippen molar-refractivity contribution >= 4 is 44.5 Å². The Morgan fingerprint density at radius 1 is 1.50 bits per heavy atom. The molecule has 20 heavy (non-hydrogen) atoms. The lowest BCUT2D eigenvalue weighted by atomic mass is 10.2. The molecule has 5 nitrogen and oxygen atoms in total. The zero-order valence-corrected chi connectivity index (χ0v) is 12.3. The molecule has 0 aromatic carbocycles. The molecule has 3 aromatic rings. The highest BCUT2D eigenvalue weighted by molar-refractivity contribution is 7.21. The van der Waals surface area contributed by atoms with Crippen LogP contribution in [0.2, 0.25) is 0 Å². The van der Waals surface area contributed by atoms with E-state index in [1.54, 1.807) is 17.5 Å². The Labute approximate surface area is 123 Å². The molecule has 0 aliphatic carbocycles. The Bertz CT molecular complexity index is 778. The van der Waals surface area contributed by atoms with E-state index in [2.05, 4.69) is 15.3 Å². The number of pyridine rings is 1. The molecule has 3 aromatic heterocycles. The number of rotatable bonds is 3. The lowest BCUT2D eigenvalue weighted by molar-refractivity contribution is 0.0955. The van der Waals surface area contributed by atoms with Crippen molar-refractivity contribution in [3.63, 3.8) is 0 Å². The van der Waals surface area contributed by atoms with Crippen molar-refractivity contribution in [1.82, 2.24) is 15.3 Å². The first kappa shape index (κ1) is 13.0. The molecule has 0 bridgehead atoms. The summed E-state index contributed by atoms with van der Waals surface area (Å²) in [5.74, 6) is -0.184. The van der Waals surface area contributed by atoms with Crippen LogP contribution in [-0.4, -0.2) is 15.9 Å². The van der Waals surface area contributed by atoms with Gasteiger partial charge in [-0.05, 0) is 19.1 Å². The maximum atomic E-state index is 12.2. The van der Waals surface area contributed by atoms with E-state index in [1.165, 1.54) is 11.3 Å². The topological polar surface area (TPSA) is 80.9 Å². The number of nitrogens with zero attached hydrogens (tertiary/aromatic N) is 2. The van der Waals surface area contributed by atoms with Gasteiger partial charge in [-0.3, -0.25) is 4.79 Å². The monoisotopic (exact) mass is 304 g/mol. The molecular weight excluding hydrogens is 292 g/mol. The third-order valence-electron chi connectivity index (χ3n) is 2.81. The second kappa shape index (κ2) is 5.18. The van der Waals surface area contributed by atoms with Crippen LogP contribution >= 0.6 is 22.7 Å². The average Bonchev–Trinajstić information content (AvgIpc) is 3.01. The van der Waals surface area contributed by atoms with Gasteiger partial charge in [0.2, 0.25) is 0 Å². The van der Waals surface area contributed by atoms with Crippen LogP contribution in [0.1, 0.15) is 20.4 Å². The first-order chi connectivity index (χ1) is 9.65. The molecule has 0 saturated heterocycles. The number of thiophene rings is 1. The Hall–Kier alpha value is -1.99. The van der Waals surface area contributed by atoms with E-state index in [9.17, 15) is 4.79 Å². The summed E-state index contributed by atoms with van der Waals surface area (Å²) >= 11 is 2.87. The summed E-state index contributed by atoms with van der Waals surface area (Å²) in [5.41, 5.74) is 7.36. The van der Waals surface area contributed by atoms with Gasteiger partial charge in [0.1, 0.15) is 9.71 Å². The van der Waals surface area contributed by atoms with Gasteiger partial charge < -0.3 is 11.1 Å². The minimum absolute atomic E-state index is 0.184. The molecule has 3 N–H and O–H groups in total. The van der Waals surface area contributed by atoms with Crippen LogP contribution in [0.15, 0.2) is 23.7 Å². The number of hydrogen-bond acceptors (Lipinski definition) is 6. The zero-order chi connectivity index (χ0) is 14.1. The number of hydrogen-bond donors (Lipinski definition) is 2. The summed E-state index contributed by atoms with van der Waals surface area (Å²) in [6.07, 6.45) is 1.69. The molecule has 0 saturated carbocycles. The van der Waals surface area contributed by atoms with Crippen molar-refractivity contribution in [2.45, 2.75) is 13.5 Å². The van der Waals surface area contributed by atoms with Crippen LogP contribution < -0.4 is 11.1 Å². The molecular formula is C13H12N4OS2. The molecule has 0 aliphatic heterocycles. The molecule has 0 spiro atoms. The van der Waals surface area contributed by atoms with Crippen molar-refractivity contribution in [2.75, 3.05) is 5.73 Å². The predicted octanol–water partition coefficient (Wildman–Crippen LogP) is 2.57. The predicted molar refractivity (Wildman–Crippen MR) is 82.1 cm³/mol. The van der Waals surface area contributed by atoms with Crippen molar-refractivity contribution in [1.29, 1.82) is 0 Å². The van der Waals surface area contributed by atoms with Crippen molar-refractivity contribution < 1.29 is 4.79 Å². The fourth-order valence-corrected chi connectivity index (χ4v) is 3.45. The van der Waals surface area contributed by atoms with E-state index >= 15 is 0 Å². The van der Waals surface area contributed by atoms with Gasteiger partial charge >= 0.3 is 0 Å². The maximum Gasteiger partial charge on any atom is 0.263 e. The summed E-state index contributed by atoms with van der Waals surface area (Å²) in [4.78, 5) is 22.0. The first-order valence-corrected chi connectivity index (χ1v) is 7.67. The minimum Gasteiger partial charge on any atom is -0.397 e. The summed E-state index contributed by atoms with van der Waals surface area (Å²) < 4.78 is 0. The number of fused-ring (bicyclic) bond motifs is 1. The molecule has 3 heterocycles. The number of nitrogens with two attached hydrogens (primary N) is 1. The summed E-state index contributed by atoms with van der Waals surface area (Å²) in [6.45, 7) is 2.34. The number of amides is 1. The van der Waals surface area contributed by atoms with Crippen LogP contribution in [0.4, 0.5) is 5.69 Å². The van der Waals surface area contributed by atoms with Crippen molar-refractivity contribution in [3.8, 4) is 0 Å². The number of aromatic nitrogens is 2. The number of nitrogen functional groups attached to an aromatic ring is 1. The van der Waals surface area contributed by atoms with E-state index in [4.69, 9.17) is 5.73 Å². The van der Waals surface area contributed by atoms with Crippen molar-refractivity contribution in [3.05, 3.63) is 39.3 Å². The zero-order valence-electron chi connectivity index (χ0n) is 10.7. The number of anilines is 1. The standard InChI is InChI=1S/C13H12N4OS2/c1-7-17-8(6-19-7)5-16-12(18)11-10(14)9-3-2-4-15-13(9)20-11/h2-4,6H,5,14H2,1H3,(H,16,18). The largest absolute Gasteiger partial charge is 0.397 e. The SMILES string of the molecule is Cc1nc(CNC(=O)c2sc3ncccc3c2N)cs1. The smallest absolute Gasteiger partial charge is 0.263 e. The fourth-order valence-electron chi connectivity index (χ4n) is 1.86. The van der Waals surface area contributed by atoms with Gasteiger partial charge in [-0.1, -0.05) is 0 Å². The highest BCUT2D eigenvalue weighted by Gasteiger charge is 2.16. The molecule has 0 atom stereocenters. The van der Waals surface area contributed by atoms with Crippen LogP contribution in [0, 0.1) is 6.92 Å². The normalized spacial score (nSPS) is 10.8. The molecule has 0 aliphatic rings. The average molecular weight is 304 g/mol. The Kier molecular flexibility index (Phi) is 3.37. The number of aryl methyl sites for hydroxylation is 1. The van der Waals surface area contributed by atoms with Gasteiger partial charge in [0.25, 0.3) is 5.91 Å². The van der Waals surface area contributed by atoms with E-state index in [0.29, 0.717) is 17.1 Å². The lowest BCUT2D eigenvalue weighted by Gasteiger charge is -2.01. The van der Waals surface area contributed by atoms with Gasteiger partial charge in [-0.25, -0.2) is 9.97 Å². The fraction of sp³-hybridized carbons (Fsp3) is 0.154. The van der Waals surface area contributed by atoms with E-state index in [0.717, 1.165) is 20.9 Å². The molecule has 0 unspecified atom stereocenters. The van der Waals surface area contributed by atoms with E-state index in [-0.39, 0.29) is 5.91 Å². The van der Waals surface area contributed by atoms with E-state index < -0.39 is 0 Å². The number of carbonyl (C=O) groups is 1. The molecule has 1 amide bonds. The molecule has 7 heteroatoms. The maximum absolute atomic E-state index is 12.2. The minimum atomic E-state index is -0.184. The Balaban J connectivity index is 1.80. The third kappa shape index (κ3) is 2.37. The molecule has 0 radical (unpaired) electrons. The van der Waals surface area contributed by atoms with Gasteiger partial charge in [0.15, 0.2) is 0 Å². The highest BCUT2D eigenvalue weighted by atomic mass is 32.1.